The van der Waals surface area contributed by atoms with Crippen LogP contribution in [0.3, 0.4) is 0 Å². The van der Waals surface area contributed by atoms with Gasteiger partial charge in [-0.15, -0.1) is 0 Å². The minimum Gasteiger partial charge on any atom is -0.444 e. The van der Waals surface area contributed by atoms with Crippen LogP contribution in [0, 0.1) is 5.82 Å². The van der Waals surface area contributed by atoms with Gasteiger partial charge >= 0.3 is 6.09 Å². The number of fused-ring (bicyclic) bond motifs is 1. The van der Waals surface area contributed by atoms with E-state index in [-0.39, 0.29) is 29.4 Å². The fourth-order valence-corrected chi connectivity index (χ4v) is 3.47. The van der Waals surface area contributed by atoms with Crippen molar-refractivity contribution in [3.63, 3.8) is 0 Å². The molecule has 0 saturated heterocycles. The van der Waals surface area contributed by atoms with Crippen LogP contribution >= 0.6 is 11.6 Å². The highest BCUT2D eigenvalue weighted by Crippen LogP contribution is 2.34. The van der Waals surface area contributed by atoms with E-state index in [0.717, 1.165) is 0 Å². The second kappa shape index (κ2) is 8.22. The van der Waals surface area contributed by atoms with Gasteiger partial charge in [-0.05, 0) is 39.0 Å². The van der Waals surface area contributed by atoms with Crippen LogP contribution in [-0.2, 0) is 11.3 Å². The summed E-state index contributed by atoms with van der Waals surface area (Å²) >= 11 is 5.90. The Hall–Kier alpha value is -2.68. The van der Waals surface area contributed by atoms with E-state index in [4.69, 9.17) is 16.3 Å². The van der Waals surface area contributed by atoms with Crippen molar-refractivity contribution in [2.75, 3.05) is 20.3 Å². The number of hydrogen-bond acceptors (Lipinski definition) is 4. The van der Waals surface area contributed by atoms with Gasteiger partial charge in [0.1, 0.15) is 23.8 Å². The number of hydrogen-bond donors (Lipinski definition) is 1. The van der Waals surface area contributed by atoms with Crippen LogP contribution in [0.4, 0.5) is 13.6 Å². The molecule has 0 aliphatic carbocycles. The average molecular weight is 441 g/mol. The number of rotatable bonds is 3. The summed E-state index contributed by atoms with van der Waals surface area (Å²) in [4.78, 5) is 26.6. The van der Waals surface area contributed by atoms with E-state index >= 15 is 0 Å². The van der Waals surface area contributed by atoms with Gasteiger partial charge in [0.25, 0.3) is 5.91 Å². The first kappa shape index (κ1) is 22.0. The molecule has 0 fully saturated rings. The molecule has 2 amide bonds. The molecule has 1 aliphatic heterocycles. The number of nitrogens with zero attached hydrogens (tertiary/aromatic N) is 3. The molecule has 10 heteroatoms. The minimum atomic E-state index is -0.801. The highest BCUT2D eigenvalue weighted by Gasteiger charge is 2.36. The van der Waals surface area contributed by atoms with E-state index in [1.165, 1.54) is 34.8 Å². The van der Waals surface area contributed by atoms with Crippen molar-refractivity contribution < 1.29 is 23.1 Å². The predicted molar refractivity (Wildman–Crippen MR) is 108 cm³/mol. The Balaban J connectivity index is 2.11. The number of halogens is 3. The van der Waals surface area contributed by atoms with Crippen molar-refractivity contribution in [1.29, 1.82) is 0 Å². The maximum Gasteiger partial charge on any atom is 0.410 e. The molecule has 1 aromatic heterocycles. The Kier molecular flexibility index (Phi) is 6.03. The number of alkyl halides is 1. The molecule has 1 atom stereocenters. The monoisotopic (exact) mass is 440 g/mol. The SMILES string of the molecule is CNC(=O)c1c(-c2ccc(F)c(Cl)c2)nn2c1CN(C(=O)OC(C)(C)C)CC2CF. The Morgan fingerprint density at radius 3 is 2.63 bits per heavy atom. The molecule has 30 heavy (non-hydrogen) atoms. The molecular weight excluding hydrogens is 418 g/mol. The van der Waals surface area contributed by atoms with Crippen molar-refractivity contribution in [1.82, 2.24) is 20.0 Å². The van der Waals surface area contributed by atoms with Crippen molar-refractivity contribution >= 4 is 23.6 Å². The van der Waals surface area contributed by atoms with Crippen LogP contribution in [0.1, 0.15) is 42.9 Å². The molecule has 0 bridgehead atoms. The van der Waals surface area contributed by atoms with Gasteiger partial charge in [0, 0.05) is 19.2 Å². The van der Waals surface area contributed by atoms with Crippen LogP contribution in [0.5, 0.6) is 0 Å². The maximum absolute atomic E-state index is 13.9. The Morgan fingerprint density at radius 2 is 2.07 bits per heavy atom. The first-order chi connectivity index (χ1) is 14.1. The number of nitrogens with one attached hydrogen (secondary N) is 1. The van der Waals surface area contributed by atoms with Crippen LogP contribution in [0.15, 0.2) is 18.2 Å². The molecule has 1 aromatic carbocycles. The number of carbonyl (C=O) groups is 2. The van der Waals surface area contributed by atoms with Crippen molar-refractivity contribution in [2.45, 2.75) is 39.0 Å². The van der Waals surface area contributed by atoms with Gasteiger partial charge in [0.2, 0.25) is 0 Å². The molecule has 3 rings (SSSR count). The molecular formula is C20H23ClF2N4O3. The van der Waals surface area contributed by atoms with Gasteiger partial charge in [0.15, 0.2) is 0 Å². The van der Waals surface area contributed by atoms with Crippen molar-refractivity contribution in [3.05, 3.63) is 40.3 Å². The zero-order valence-electron chi connectivity index (χ0n) is 17.1. The lowest BCUT2D eigenvalue weighted by atomic mass is 10.0. The molecule has 0 radical (unpaired) electrons. The van der Waals surface area contributed by atoms with E-state index in [1.54, 1.807) is 20.8 Å². The van der Waals surface area contributed by atoms with Gasteiger partial charge in [-0.25, -0.2) is 13.6 Å². The minimum absolute atomic E-state index is 0.0100. The molecule has 0 saturated carbocycles. The summed E-state index contributed by atoms with van der Waals surface area (Å²) in [5, 5.41) is 6.85. The zero-order valence-corrected chi connectivity index (χ0v) is 17.9. The Bertz CT molecular complexity index is 987. The van der Waals surface area contributed by atoms with Gasteiger partial charge in [-0.2, -0.15) is 5.10 Å². The molecule has 162 valence electrons. The summed E-state index contributed by atoms with van der Waals surface area (Å²) in [6, 6.07) is 3.17. The van der Waals surface area contributed by atoms with Crippen LogP contribution in [0.25, 0.3) is 11.3 Å². The Labute approximate surface area is 177 Å². The zero-order chi connectivity index (χ0) is 22.2. The van der Waals surface area contributed by atoms with E-state index in [9.17, 15) is 18.4 Å². The van der Waals surface area contributed by atoms with E-state index < -0.39 is 36.1 Å². The second-order valence-corrected chi connectivity index (χ2v) is 8.40. The lowest BCUT2D eigenvalue weighted by molar-refractivity contribution is 0.0147. The number of benzene rings is 1. The smallest absolute Gasteiger partial charge is 0.410 e. The average Bonchev–Trinajstić information content (AvgIpc) is 3.06. The molecule has 1 aliphatic rings. The Morgan fingerprint density at radius 1 is 1.37 bits per heavy atom. The summed E-state index contributed by atoms with van der Waals surface area (Å²) in [5.74, 6) is -1.07. The summed E-state index contributed by atoms with van der Waals surface area (Å²) in [6.07, 6.45) is -0.609. The van der Waals surface area contributed by atoms with Crippen molar-refractivity contribution in [2.24, 2.45) is 0 Å². The van der Waals surface area contributed by atoms with Crippen LogP contribution in [0.2, 0.25) is 5.02 Å². The highest BCUT2D eigenvalue weighted by molar-refractivity contribution is 6.31. The quantitative estimate of drug-likeness (QED) is 0.783. The van der Waals surface area contributed by atoms with E-state index in [2.05, 4.69) is 10.4 Å². The van der Waals surface area contributed by atoms with E-state index in [0.29, 0.717) is 11.3 Å². The topological polar surface area (TPSA) is 76.5 Å². The standard InChI is InChI=1S/C20H23ClF2N4O3/c1-20(2,3)30-19(29)26-9-12(8-22)27-15(10-26)16(18(28)24-4)17(25-27)11-5-6-14(23)13(21)7-11/h5-7,12H,8-10H2,1-4H3,(H,24,28). The molecule has 2 heterocycles. The largest absolute Gasteiger partial charge is 0.444 e. The van der Waals surface area contributed by atoms with Crippen LogP contribution in [-0.4, -0.2) is 52.5 Å². The van der Waals surface area contributed by atoms with Crippen LogP contribution < -0.4 is 5.32 Å². The lowest BCUT2D eigenvalue weighted by Crippen LogP contribution is -2.44. The third kappa shape index (κ3) is 4.26. The number of amides is 2. The molecule has 1 unspecified atom stereocenters. The number of carbonyl (C=O) groups excluding carboxylic acids is 2. The van der Waals surface area contributed by atoms with Gasteiger partial charge in [-0.1, -0.05) is 11.6 Å². The van der Waals surface area contributed by atoms with Gasteiger partial charge < -0.3 is 15.0 Å². The fraction of sp³-hybridized carbons (Fsp3) is 0.450. The maximum atomic E-state index is 13.9. The van der Waals surface area contributed by atoms with Gasteiger partial charge in [0.05, 0.1) is 28.9 Å². The third-order valence-corrected chi connectivity index (χ3v) is 4.89. The number of aromatic nitrogens is 2. The molecule has 0 spiro atoms. The molecule has 7 nitrogen and oxygen atoms in total. The second-order valence-electron chi connectivity index (χ2n) is 7.99. The first-order valence-electron chi connectivity index (χ1n) is 9.38. The third-order valence-electron chi connectivity index (χ3n) is 4.60. The summed E-state index contributed by atoms with van der Waals surface area (Å²) < 4.78 is 34.3. The summed E-state index contributed by atoms with van der Waals surface area (Å²) in [7, 11) is 1.45. The normalized spacial score (nSPS) is 16.2. The molecule has 1 N–H and O–H groups in total. The van der Waals surface area contributed by atoms with Gasteiger partial charge in [-0.3, -0.25) is 9.48 Å². The predicted octanol–water partition coefficient (Wildman–Crippen LogP) is 3.96. The van der Waals surface area contributed by atoms with E-state index in [1.807, 2.05) is 0 Å². The summed E-state index contributed by atoms with van der Waals surface area (Å²) in [6.45, 7) is 4.45. The highest BCUT2D eigenvalue weighted by atomic mass is 35.5. The fourth-order valence-electron chi connectivity index (χ4n) is 3.29. The molecule has 2 aromatic rings. The van der Waals surface area contributed by atoms with Crippen molar-refractivity contribution in [3.8, 4) is 11.3 Å². The number of ether oxygens (including phenoxy) is 1. The first-order valence-corrected chi connectivity index (χ1v) is 9.76. The summed E-state index contributed by atoms with van der Waals surface area (Å²) in [5.41, 5.74) is 0.454. The lowest BCUT2D eigenvalue weighted by Gasteiger charge is -2.34.